The fourth-order valence-corrected chi connectivity index (χ4v) is 2.69. The molecular weight excluding hydrogens is 294 g/mol. The van der Waals surface area contributed by atoms with Gasteiger partial charge in [0, 0.05) is 50.4 Å². The van der Waals surface area contributed by atoms with Crippen molar-refractivity contribution in [2.24, 2.45) is 0 Å². The van der Waals surface area contributed by atoms with Gasteiger partial charge in [-0.05, 0) is 7.05 Å². The number of hydrogen-bond donors (Lipinski definition) is 3. The van der Waals surface area contributed by atoms with Crippen molar-refractivity contribution in [1.82, 2.24) is 25.7 Å². The first-order valence-electron chi connectivity index (χ1n) is 7.09. The molecule has 21 heavy (non-hydrogen) atoms. The minimum Gasteiger partial charge on any atom is -0.374 e. The molecule has 3 heterocycles. The highest BCUT2D eigenvalue weighted by Crippen LogP contribution is 2.15. The predicted octanol–water partition coefficient (Wildman–Crippen LogP) is -0.462. The van der Waals surface area contributed by atoms with E-state index in [1.807, 2.05) is 0 Å². The van der Waals surface area contributed by atoms with E-state index in [-0.39, 0.29) is 24.4 Å². The summed E-state index contributed by atoms with van der Waals surface area (Å²) in [5.41, 5.74) is 2.58. The highest BCUT2D eigenvalue weighted by atomic mass is 35.5. The molecule has 118 valence electrons. The zero-order valence-corrected chi connectivity index (χ0v) is 13.0. The van der Waals surface area contributed by atoms with Gasteiger partial charge < -0.3 is 20.3 Å². The Hall–Kier alpha value is -1.15. The summed E-state index contributed by atoms with van der Waals surface area (Å²) in [5.74, 6) is -0.122. The molecule has 1 amide bonds. The van der Waals surface area contributed by atoms with Crippen molar-refractivity contribution in [2.45, 2.75) is 19.1 Å². The third kappa shape index (κ3) is 3.74. The second-order valence-corrected chi connectivity index (χ2v) is 5.42. The maximum Gasteiger partial charge on any atom is 0.272 e. The molecule has 0 spiro atoms. The highest BCUT2D eigenvalue weighted by molar-refractivity contribution is 5.94. The molecule has 0 saturated carbocycles. The maximum absolute atomic E-state index is 12.2. The normalized spacial score (nSPS) is 22.2. The molecule has 1 saturated heterocycles. The van der Waals surface area contributed by atoms with E-state index in [1.54, 1.807) is 0 Å². The fourth-order valence-electron chi connectivity index (χ4n) is 2.69. The van der Waals surface area contributed by atoms with Crippen LogP contribution in [-0.2, 0) is 17.7 Å². The molecule has 1 unspecified atom stereocenters. The van der Waals surface area contributed by atoms with E-state index in [0.29, 0.717) is 18.8 Å². The number of rotatable bonds is 3. The van der Waals surface area contributed by atoms with Gasteiger partial charge in [-0.25, -0.2) is 0 Å². The number of H-pyrrole nitrogens is 1. The van der Waals surface area contributed by atoms with Crippen molar-refractivity contribution in [3.05, 3.63) is 17.0 Å². The van der Waals surface area contributed by atoms with Gasteiger partial charge in [-0.15, -0.1) is 12.4 Å². The summed E-state index contributed by atoms with van der Waals surface area (Å²) >= 11 is 0. The summed E-state index contributed by atoms with van der Waals surface area (Å²) in [6.45, 7) is 4.68. The van der Waals surface area contributed by atoms with Crippen molar-refractivity contribution in [3.63, 3.8) is 0 Å². The van der Waals surface area contributed by atoms with Gasteiger partial charge in [-0.1, -0.05) is 0 Å². The number of ether oxygens (including phenoxy) is 1. The second-order valence-electron chi connectivity index (χ2n) is 5.42. The molecule has 8 heteroatoms. The number of amides is 1. The Morgan fingerprint density at radius 1 is 1.57 bits per heavy atom. The lowest BCUT2D eigenvalue weighted by molar-refractivity contribution is -0.0175. The maximum atomic E-state index is 12.2. The number of fused-ring (bicyclic) bond motifs is 1. The van der Waals surface area contributed by atoms with Crippen LogP contribution < -0.4 is 10.6 Å². The minimum atomic E-state index is -0.122. The molecule has 1 aromatic rings. The summed E-state index contributed by atoms with van der Waals surface area (Å²) in [4.78, 5) is 14.4. The van der Waals surface area contributed by atoms with Crippen LogP contribution >= 0.6 is 12.4 Å². The average molecular weight is 316 g/mol. The third-order valence-corrected chi connectivity index (χ3v) is 3.85. The SMILES string of the molecule is CN1CCOC(CNC(=O)c2n[nH]c3c2CNCC3)C1.Cl. The van der Waals surface area contributed by atoms with Crippen LogP contribution in [0.3, 0.4) is 0 Å². The number of aromatic nitrogens is 2. The monoisotopic (exact) mass is 315 g/mol. The predicted molar refractivity (Wildman–Crippen MR) is 80.8 cm³/mol. The Kier molecular flexibility index (Phi) is 5.58. The molecule has 0 bridgehead atoms. The molecular formula is C13H22ClN5O2. The molecule has 0 radical (unpaired) electrons. The van der Waals surface area contributed by atoms with Gasteiger partial charge in [0.15, 0.2) is 5.69 Å². The molecule has 1 fully saturated rings. The standard InChI is InChI=1S/C13H21N5O2.ClH/c1-18-4-5-20-9(8-18)6-15-13(19)12-10-7-14-3-2-11(10)16-17-12;/h9,14H,2-8H2,1H3,(H,15,19)(H,16,17);1H. The van der Waals surface area contributed by atoms with Crippen LogP contribution in [0.5, 0.6) is 0 Å². The van der Waals surface area contributed by atoms with E-state index in [4.69, 9.17) is 4.74 Å². The Labute approximate surface area is 130 Å². The molecule has 3 rings (SSSR count). The molecule has 1 atom stereocenters. The lowest BCUT2D eigenvalue weighted by Gasteiger charge is -2.30. The first-order chi connectivity index (χ1) is 9.74. The van der Waals surface area contributed by atoms with Gasteiger partial charge in [0.05, 0.1) is 12.7 Å². The quantitative estimate of drug-likeness (QED) is 0.703. The van der Waals surface area contributed by atoms with Crippen molar-refractivity contribution in [3.8, 4) is 0 Å². The van der Waals surface area contributed by atoms with E-state index in [9.17, 15) is 4.79 Å². The largest absolute Gasteiger partial charge is 0.374 e. The van der Waals surface area contributed by atoms with Gasteiger partial charge in [0.25, 0.3) is 5.91 Å². The van der Waals surface area contributed by atoms with Crippen LogP contribution in [0.4, 0.5) is 0 Å². The first kappa shape index (κ1) is 16.2. The van der Waals surface area contributed by atoms with Gasteiger partial charge in [0.1, 0.15) is 0 Å². The Bertz CT molecular complexity index is 493. The van der Waals surface area contributed by atoms with Crippen LogP contribution in [-0.4, -0.2) is 66.9 Å². The fraction of sp³-hybridized carbons (Fsp3) is 0.692. The van der Waals surface area contributed by atoms with Gasteiger partial charge >= 0.3 is 0 Å². The van der Waals surface area contributed by atoms with Crippen LogP contribution in [0.25, 0.3) is 0 Å². The third-order valence-electron chi connectivity index (χ3n) is 3.85. The van der Waals surface area contributed by atoms with E-state index in [2.05, 4.69) is 32.8 Å². The Morgan fingerprint density at radius 3 is 3.24 bits per heavy atom. The molecule has 2 aliphatic heterocycles. The van der Waals surface area contributed by atoms with E-state index in [0.717, 1.165) is 43.9 Å². The molecule has 0 aliphatic carbocycles. The van der Waals surface area contributed by atoms with Gasteiger partial charge in [0.2, 0.25) is 0 Å². The van der Waals surface area contributed by atoms with Crippen LogP contribution in [0.1, 0.15) is 21.7 Å². The smallest absolute Gasteiger partial charge is 0.272 e. The number of morpholine rings is 1. The highest BCUT2D eigenvalue weighted by Gasteiger charge is 2.23. The lowest BCUT2D eigenvalue weighted by atomic mass is 10.1. The zero-order chi connectivity index (χ0) is 13.9. The molecule has 2 aliphatic rings. The van der Waals surface area contributed by atoms with Crippen molar-refractivity contribution >= 4 is 18.3 Å². The number of nitrogens with one attached hydrogen (secondary N) is 3. The molecule has 3 N–H and O–H groups in total. The van der Waals surface area contributed by atoms with Crippen LogP contribution in [0.15, 0.2) is 0 Å². The molecule has 7 nitrogen and oxygen atoms in total. The Balaban J connectivity index is 0.00000161. The summed E-state index contributed by atoms with van der Waals surface area (Å²) in [5, 5.41) is 13.3. The first-order valence-corrected chi connectivity index (χ1v) is 7.09. The number of nitrogens with zero attached hydrogens (tertiary/aromatic N) is 2. The summed E-state index contributed by atoms with van der Waals surface area (Å²) in [6.07, 6.45) is 0.956. The number of aromatic amines is 1. The van der Waals surface area contributed by atoms with E-state index >= 15 is 0 Å². The van der Waals surface area contributed by atoms with Crippen molar-refractivity contribution < 1.29 is 9.53 Å². The lowest BCUT2D eigenvalue weighted by Crippen LogP contribution is -2.46. The minimum absolute atomic E-state index is 0. The second kappa shape index (κ2) is 7.22. The van der Waals surface area contributed by atoms with Crippen LogP contribution in [0.2, 0.25) is 0 Å². The molecule has 1 aromatic heterocycles. The average Bonchev–Trinajstić information content (AvgIpc) is 2.89. The number of hydrogen-bond acceptors (Lipinski definition) is 5. The number of halogens is 1. The molecule has 0 aromatic carbocycles. The Morgan fingerprint density at radius 2 is 2.43 bits per heavy atom. The van der Waals surface area contributed by atoms with E-state index in [1.165, 1.54) is 0 Å². The van der Waals surface area contributed by atoms with Crippen LogP contribution in [0, 0.1) is 0 Å². The van der Waals surface area contributed by atoms with Crippen molar-refractivity contribution in [2.75, 3.05) is 39.8 Å². The van der Waals surface area contributed by atoms with Gasteiger partial charge in [-0.2, -0.15) is 5.10 Å². The van der Waals surface area contributed by atoms with Crippen molar-refractivity contribution in [1.29, 1.82) is 0 Å². The number of carbonyl (C=O) groups is 1. The number of likely N-dealkylation sites (N-methyl/N-ethyl adjacent to an activating group) is 1. The topological polar surface area (TPSA) is 82.3 Å². The summed E-state index contributed by atoms with van der Waals surface area (Å²) in [7, 11) is 2.06. The zero-order valence-electron chi connectivity index (χ0n) is 12.1. The van der Waals surface area contributed by atoms with E-state index < -0.39 is 0 Å². The summed E-state index contributed by atoms with van der Waals surface area (Å²) < 4.78 is 5.63. The van der Waals surface area contributed by atoms with Gasteiger partial charge in [-0.3, -0.25) is 9.89 Å². The summed E-state index contributed by atoms with van der Waals surface area (Å²) in [6, 6.07) is 0. The number of carbonyl (C=O) groups excluding carboxylic acids is 1.